The Morgan fingerprint density at radius 1 is 1.44 bits per heavy atom. The summed E-state index contributed by atoms with van der Waals surface area (Å²) in [5, 5.41) is 12.3. The third-order valence-corrected chi connectivity index (χ3v) is 2.47. The van der Waals surface area contributed by atoms with E-state index in [2.05, 4.69) is 5.32 Å². The highest BCUT2D eigenvalue weighted by atomic mass is 19.1. The van der Waals surface area contributed by atoms with Gasteiger partial charge in [0.15, 0.2) is 0 Å². The van der Waals surface area contributed by atoms with Crippen LogP contribution in [0.3, 0.4) is 0 Å². The largest absolute Gasteiger partial charge is 0.395 e. The van der Waals surface area contributed by atoms with Gasteiger partial charge >= 0.3 is 0 Å². The first-order valence-electron chi connectivity index (χ1n) is 5.49. The highest BCUT2D eigenvalue weighted by Gasteiger charge is 2.12. The van der Waals surface area contributed by atoms with E-state index in [1.54, 1.807) is 23.1 Å². The Labute approximate surface area is 95.9 Å². The number of para-hydroxylation sites is 1. The Hall–Kier alpha value is -1.13. The number of aliphatic hydroxyl groups is 1. The smallest absolute Gasteiger partial charge is 0.146 e. The van der Waals surface area contributed by atoms with E-state index in [0.29, 0.717) is 12.2 Å². The van der Waals surface area contributed by atoms with Crippen molar-refractivity contribution in [2.75, 3.05) is 31.6 Å². The lowest BCUT2D eigenvalue weighted by Gasteiger charge is -2.25. The molecule has 2 N–H and O–H groups in total. The van der Waals surface area contributed by atoms with Crippen molar-refractivity contribution in [2.24, 2.45) is 0 Å². The van der Waals surface area contributed by atoms with Crippen LogP contribution in [-0.4, -0.2) is 37.9 Å². The molecule has 0 aromatic heterocycles. The predicted molar refractivity (Wildman–Crippen MR) is 64.2 cm³/mol. The molecule has 1 unspecified atom stereocenters. The molecule has 0 aliphatic heterocycles. The second-order valence-corrected chi connectivity index (χ2v) is 3.77. The molecule has 0 saturated heterocycles. The van der Waals surface area contributed by atoms with Crippen LogP contribution in [0.2, 0.25) is 0 Å². The van der Waals surface area contributed by atoms with Crippen molar-refractivity contribution >= 4 is 5.69 Å². The van der Waals surface area contributed by atoms with Gasteiger partial charge in [-0.25, -0.2) is 4.39 Å². The van der Waals surface area contributed by atoms with Crippen LogP contribution in [0, 0.1) is 5.82 Å². The van der Waals surface area contributed by atoms with Crippen LogP contribution in [0.15, 0.2) is 24.3 Å². The summed E-state index contributed by atoms with van der Waals surface area (Å²) < 4.78 is 13.5. The number of benzene rings is 1. The number of likely N-dealkylation sites (N-methyl/N-ethyl adjacent to an activating group) is 2. The van der Waals surface area contributed by atoms with E-state index in [1.165, 1.54) is 6.07 Å². The molecule has 1 atom stereocenters. The van der Waals surface area contributed by atoms with Gasteiger partial charge in [-0.2, -0.15) is 0 Å². The fourth-order valence-corrected chi connectivity index (χ4v) is 1.67. The zero-order valence-electron chi connectivity index (χ0n) is 9.78. The molecular weight excluding hydrogens is 207 g/mol. The first-order chi connectivity index (χ1) is 7.69. The van der Waals surface area contributed by atoms with Crippen molar-refractivity contribution < 1.29 is 9.50 Å². The fraction of sp³-hybridized carbons (Fsp3) is 0.500. The average Bonchev–Trinajstić information content (AvgIpc) is 2.28. The lowest BCUT2D eigenvalue weighted by atomic mass is 10.2. The van der Waals surface area contributed by atoms with Crippen molar-refractivity contribution in [2.45, 2.75) is 13.0 Å². The minimum absolute atomic E-state index is 0.0328. The number of aliphatic hydroxyl groups excluding tert-OH is 1. The highest BCUT2D eigenvalue weighted by Crippen LogP contribution is 2.16. The molecule has 1 aromatic rings. The molecule has 90 valence electrons. The Morgan fingerprint density at radius 3 is 2.69 bits per heavy atom. The Balaban J connectivity index is 2.64. The van der Waals surface area contributed by atoms with Gasteiger partial charge in [0.25, 0.3) is 0 Å². The number of halogens is 1. The van der Waals surface area contributed by atoms with Gasteiger partial charge in [-0.15, -0.1) is 0 Å². The third-order valence-electron chi connectivity index (χ3n) is 2.47. The number of rotatable bonds is 6. The zero-order valence-corrected chi connectivity index (χ0v) is 9.78. The topological polar surface area (TPSA) is 35.5 Å². The van der Waals surface area contributed by atoms with Crippen LogP contribution < -0.4 is 10.2 Å². The summed E-state index contributed by atoms with van der Waals surface area (Å²) >= 11 is 0. The van der Waals surface area contributed by atoms with Gasteiger partial charge in [-0.1, -0.05) is 19.1 Å². The summed E-state index contributed by atoms with van der Waals surface area (Å²) in [6, 6.07) is 6.61. The standard InChI is InChI=1S/C12H19FN2O/c1-3-14-10(9-16)8-15(2)12-7-5-4-6-11(12)13/h4-7,10,14,16H,3,8-9H2,1-2H3. The molecule has 0 fully saturated rings. The van der Waals surface area contributed by atoms with Gasteiger partial charge in [0.1, 0.15) is 5.82 Å². The number of hydrogen-bond donors (Lipinski definition) is 2. The van der Waals surface area contributed by atoms with E-state index in [-0.39, 0.29) is 18.5 Å². The molecule has 0 radical (unpaired) electrons. The number of hydrogen-bond acceptors (Lipinski definition) is 3. The van der Waals surface area contributed by atoms with E-state index in [9.17, 15) is 4.39 Å². The zero-order chi connectivity index (χ0) is 12.0. The highest BCUT2D eigenvalue weighted by molar-refractivity contribution is 5.46. The van der Waals surface area contributed by atoms with Gasteiger partial charge in [0.2, 0.25) is 0 Å². The summed E-state index contributed by atoms with van der Waals surface area (Å²) in [4.78, 5) is 1.80. The third kappa shape index (κ3) is 3.47. The first kappa shape index (κ1) is 12.9. The SMILES string of the molecule is CCNC(CO)CN(C)c1ccccc1F. The van der Waals surface area contributed by atoms with E-state index in [0.717, 1.165) is 6.54 Å². The second kappa shape index (κ2) is 6.45. The van der Waals surface area contributed by atoms with Gasteiger partial charge in [-0.05, 0) is 18.7 Å². The van der Waals surface area contributed by atoms with Crippen molar-refractivity contribution in [1.82, 2.24) is 5.32 Å². The summed E-state index contributed by atoms with van der Waals surface area (Å²) in [6.45, 7) is 3.39. The van der Waals surface area contributed by atoms with Crippen LogP contribution >= 0.6 is 0 Å². The van der Waals surface area contributed by atoms with Gasteiger partial charge < -0.3 is 15.3 Å². The van der Waals surface area contributed by atoms with Crippen molar-refractivity contribution in [3.05, 3.63) is 30.1 Å². The first-order valence-corrected chi connectivity index (χ1v) is 5.49. The van der Waals surface area contributed by atoms with Crippen LogP contribution in [-0.2, 0) is 0 Å². The summed E-state index contributed by atoms with van der Waals surface area (Å²) in [6.07, 6.45) is 0. The predicted octanol–water partition coefficient (Wildman–Crippen LogP) is 1.23. The lowest BCUT2D eigenvalue weighted by Crippen LogP contribution is -2.42. The molecule has 0 spiro atoms. The molecule has 3 nitrogen and oxygen atoms in total. The van der Waals surface area contributed by atoms with E-state index in [4.69, 9.17) is 5.11 Å². The Bertz CT molecular complexity index is 320. The van der Waals surface area contributed by atoms with Crippen molar-refractivity contribution in [3.63, 3.8) is 0 Å². The maximum atomic E-state index is 13.5. The second-order valence-electron chi connectivity index (χ2n) is 3.77. The van der Waals surface area contributed by atoms with Crippen LogP contribution in [0.25, 0.3) is 0 Å². The summed E-state index contributed by atoms with van der Waals surface area (Å²) in [5.41, 5.74) is 0.554. The molecule has 0 aliphatic carbocycles. The lowest BCUT2D eigenvalue weighted by molar-refractivity contribution is 0.246. The number of nitrogens with one attached hydrogen (secondary N) is 1. The Kier molecular flexibility index (Phi) is 5.22. The number of nitrogens with zero attached hydrogens (tertiary/aromatic N) is 1. The van der Waals surface area contributed by atoms with Gasteiger partial charge in [0, 0.05) is 19.6 Å². The molecule has 0 bridgehead atoms. The molecular formula is C12H19FN2O. The molecule has 16 heavy (non-hydrogen) atoms. The minimum Gasteiger partial charge on any atom is -0.395 e. The van der Waals surface area contributed by atoms with Crippen LogP contribution in [0.1, 0.15) is 6.92 Å². The van der Waals surface area contributed by atoms with Gasteiger partial charge in [0.05, 0.1) is 12.3 Å². The molecule has 0 heterocycles. The Morgan fingerprint density at radius 2 is 2.12 bits per heavy atom. The minimum atomic E-state index is -0.238. The maximum Gasteiger partial charge on any atom is 0.146 e. The summed E-state index contributed by atoms with van der Waals surface area (Å²) in [5.74, 6) is -0.238. The average molecular weight is 226 g/mol. The van der Waals surface area contributed by atoms with E-state index >= 15 is 0 Å². The molecule has 1 aromatic carbocycles. The molecule has 0 saturated carbocycles. The van der Waals surface area contributed by atoms with Gasteiger partial charge in [-0.3, -0.25) is 0 Å². The van der Waals surface area contributed by atoms with E-state index in [1.807, 2.05) is 14.0 Å². The summed E-state index contributed by atoms with van der Waals surface area (Å²) in [7, 11) is 1.82. The molecule has 0 amide bonds. The molecule has 1 rings (SSSR count). The fourth-order valence-electron chi connectivity index (χ4n) is 1.67. The molecule has 0 aliphatic rings. The molecule has 4 heteroatoms. The van der Waals surface area contributed by atoms with Crippen LogP contribution in [0.5, 0.6) is 0 Å². The number of anilines is 1. The van der Waals surface area contributed by atoms with Crippen molar-refractivity contribution in [3.8, 4) is 0 Å². The normalized spacial score (nSPS) is 12.5. The van der Waals surface area contributed by atoms with E-state index < -0.39 is 0 Å². The van der Waals surface area contributed by atoms with Crippen LogP contribution in [0.4, 0.5) is 10.1 Å². The monoisotopic (exact) mass is 226 g/mol. The maximum absolute atomic E-state index is 13.5. The van der Waals surface area contributed by atoms with Crippen molar-refractivity contribution in [1.29, 1.82) is 0 Å². The quantitative estimate of drug-likeness (QED) is 0.766.